The summed E-state index contributed by atoms with van der Waals surface area (Å²) < 4.78 is 6.13. The van der Waals surface area contributed by atoms with Gasteiger partial charge in [-0.3, -0.25) is 4.79 Å². The van der Waals surface area contributed by atoms with Crippen LogP contribution in [0.1, 0.15) is 5.56 Å². The molecular weight excluding hydrogens is 332 g/mol. The summed E-state index contributed by atoms with van der Waals surface area (Å²) in [5.41, 5.74) is 2.24. The normalized spacial score (nSPS) is 10.4. The van der Waals surface area contributed by atoms with Crippen LogP contribution in [0, 0.1) is 6.92 Å². The van der Waals surface area contributed by atoms with E-state index >= 15 is 0 Å². The van der Waals surface area contributed by atoms with Gasteiger partial charge in [0.2, 0.25) is 5.91 Å². The van der Waals surface area contributed by atoms with Crippen LogP contribution in [0.5, 0.6) is 5.75 Å². The number of benzene rings is 2. The Balaban J connectivity index is 1.74. The Labute approximate surface area is 150 Å². The van der Waals surface area contributed by atoms with E-state index in [2.05, 4.69) is 15.4 Å². The Kier molecular flexibility index (Phi) is 5.07. The molecule has 0 fully saturated rings. The van der Waals surface area contributed by atoms with Crippen molar-refractivity contribution in [1.82, 2.24) is 14.8 Å². The van der Waals surface area contributed by atoms with E-state index in [1.165, 1.54) is 6.20 Å². The van der Waals surface area contributed by atoms with Crippen molar-refractivity contribution < 1.29 is 9.53 Å². The van der Waals surface area contributed by atoms with Crippen LogP contribution in [0.3, 0.4) is 0 Å². The third-order valence-electron chi connectivity index (χ3n) is 3.85. The first-order chi connectivity index (χ1) is 12.6. The van der Waals surface area contributed by atoms with Crippen molar-refractivity contribution in [2.24, 2.45) is 0 Å². The molecule has 0 aliphatic heterocycles. The summed E-state index contributed by atoms with van der Waals surface area (Å²) in [6, 6.07) is 14.5. The third-order valence-corrected chi connectivity index (χ3v) is 3.85. The van der Waals surface area contributed by atoms with Gasteiger partial charge < -0.3 is 10.1 Å². The number of carbonyl (C=O) groups excluding carboxylic acids is 1. The fourth-order valence-electron chi connectivity index (χ4n) is 2.41. The highest BCUT2D eigenvalue weighted by atomic mass is 16.5. The molecule has 1 aromatic heterocycles. The molecule has 0 saturated carbocycles. The van der Waals surface area contributed by atoms with Gasteiger partial charge in [0, 0.05) is 11.3 Å². The van der Waals surface area contributed by atoms with E-state index in [0.29, 0.717) is 17.1 Å². The number of ether oxygens (including phenoxy) is 1. The quantitative estimate of drug-likeness (QED) is 0.763. The molecule has 1 heterocycles. The summed E-state index contributed by atoms with van der Waals surface area (Å²) in [5.74, 6) is 0.371. The largest absolute Gasteiger partial charge is 0.497 e. The molecule has 132 valence electrons. The maximum atomic E-state index is 12.2. The van der Waals surface area contributed by atoms with Crippen molar-refractivity contribution in [2.45, 2.75) is 13.5 Å². The van der Waals surface area contributed by atoms with E-state index < -0.39 is 5.69 Å². The second-order valence-electron chi connectivity index (χ2n) is 5.67. The first-order valence-corrected chi connectivity index (χ1v) is 8.01. The van der Waals surface area contributed by atoms with Crippen molar-refractivity contribution in [3.8, 4) is 17.0 Å². The maximum absolute atomic E-state index is 12.2. The Hall–Kier alpha value is -3.48. The highest BCUT2D eigenvalue weighted by Crippen LogP contribution is 2.18. The number of nitrogens with one attached hydrogen (secondary N) is 1. The molecule has 0 aliphatic rings. The Bertz CT molecular complexity index is 981. The molecule has 0 radical (unpaired) electrons. The van der Waals surface area contributed by atoms with Crippen molar-refractivity contribution in [3.63, 3.8) is 0 Å². The number of rotatable bonds is 5. The summed E-state index contributed by atoms with van der Waals surface area (Å²) in [5, 5.41) is 6.82. The van der Waals surface area contributed by atoms with Crippen LogP contribution in [0.2, 0.25) is 0 Å². The number of hydrogen-bond donors (Lipinski definition) is 1. The smallest absolute Gasteiger partial charge is 0.365 e. The number of nitrogens with zero attached hydrogens (tertiary/aromatic N) is 3. The molecule has 0 aliphatic carbocycles. The van der Waals surface area contributed by atoms with E-state index in [9.17, 15) is 9.59 Å². The Morgan fingerprint density at radius 3 is 2.54 bits per heavy atom. The predicted octanol–water partition coefficient (Wildman–Crippen LogP) is 2.26. The summed E-state index contributed by atoms with van der Waals surface area (Å²) in [7, 11) is 1.58. The van der Waals surface area contributed by atoms with Gasteiger partial charge in [0.05, 0.1) is 19.0 Å². The van der Waals surface area contributed by atoms with Crippen LogP contribution in [-0.4, -0.2) is 27.8 Å². The fourth-order valence-corrected chi connectivity index (χ4v) is 2.41. The zero-order valence-electron chi connectivity index (χ0n) is 14.5. The van der Waals surface area contributed by atoms with Crippen molar-refractivity contribution in [3.05, 3.63) is 70.8 Å². The minimum atomic E-state index is -0.585. The van der Waals surface area contributed by atoms with Crippen LogP contribution in [0.25, 0.3) is 11.3 Å². The van der Waals surface area contributed by atoms with Crippen LogP contribution in [-0.2, 0) is 11.3 Å². The van der Waals surface area contributed by atoms with Crippen LogP contribution in [0.15, 0.2) is 59.5 Å². The second kappa shape index (κ2) is 7.60. The minimum absolute atomic E-state index is 0.205. The van der Waals surface area contributed by atoms with E-state index in [0.717, 1.165) is 15.8 Å². The van der Waals surface area contributed by atoms with Crippen LogP contribution in [0.4, 0.5) is 5.69 Å². The second-order valence-corrected chi connectivity index (χ2v) is 5.67. The lowest BCUT2D eigenvalue weighted by molar-refractivity contribution is -0.117. The molecule has 7 nitrogen and oxygen atoms in total. The lowest BCUT2D eigenvalue weighted by atomic mass is 10.1. The first kappa shape index (κ1) is 17.3. The Morgan fingerprint density at radius 2 is 1.88 bits per heavy atom. The number of aryl methyl sites for hydroxylation is 1. The molecule has 3 aromatic rings. The van der Waals surface area contributed by atoms with Crippen LogP contribution < -0.4 is 15.7 Å². The average Bonchev–Trinajstić information content (AvgIpc) is 2.65. The van der Waals surface area contributed by atoms with E-state index in [-0.39, 0.29) is 12.5 Å². The standard InChI is InChI=1S/C19H18N4O3/c1-13-5-3-4-6-16(13)21-18(24)12-23-19(25)22-17(11-20-23)14-7-9-15(26-2)10-8-14/h3-11H,12H2,1-2H3,(H,21,24). The van der Waals surface area contributed by atoms with Crippen molar-refractivity contribution in [1.29, 1.82) is 0 Å². The number of anilines is 1. The molecule has 3 rings (SSSR count). The molecule has 0 bridgehead atoms. The molecule has 1 amide bonds. The third kappa shape index (κ3) is 3.94. The van der Waals surface area contributed by atoms with Crippen molar-refractivity contribution in [2.75, 3.05) is 12.4 Å². The van der Waals surface area contributed by atoms with E-state index in [1.54, 1.807) is 37.4 Å². The van der Waals surface area contributed by atoms with E-state index in [1.807, 2.05) is 25.1 Å². The zero-order chi connectivity index (χ0) is 18.5. The molecular formula is C19H18N4O3. The topological polar surface area (TPSA) is 86.1 Å². The lowest BCUT2D eigenvalue weighted by Gasteiger charge is -2.09. The average molecular weight is 350 g/mol. The van der Waals surface area contributed by atoms with Crippen molar-refractivity contribution >= 4 is 11.6 Å². The van der Waals surface area contributed by atoms with Gasteiger partial charge >= 0.3 is 5.69 Å². The number of para-hydroxylation sites is 1. The molecule has 0 saturated heterocycles. The predicted molar refractivity (Wildman–Crippen MR) is 98.1 cm³/mol. The number of carbonyl (C=O) groups is 1. The monoisotopic (exact) mass is 350 g/mol. The number of hydrogen-bond acceptors (Lipinski definition) is 5. The van der Waals surface area contributed by atoms with Gasteiger partial charge in [0.15, 0.2) is 0 Å². The van der Waals surface area contributed by atoms with Gasteiger partial charge in [0.25, 0.3) is 0 Å². The fraction of sp³-hybridized carbons (Fsp3) is 0.158. The minimum Gasteiger partial charge on any atom is -0.497 e. The van der Waals surface area contributed by atoms with Gasteiger partial charge in [-0.05, 0) is 42.8 Å². The zero-order valence-corrected chi connectivity index (χ0v) is 14.5. The lowest BCUT2D eigenvalue weighted by Crippen LogP contribution is -2.31. The number of methoxy groups -OCH3 is 1. The molecule has 0 unspecified atom stereocenters. The summed E-state index contributed by atoms with van der Waals surface area (Å²) in [6.07, 6.45) is 1.46. The molecule has 1 N–H and O–H groups in total. The van der Waals surface area contributed by atoms with Gasteiger partial charge in [-0.25, -0.2) is 9.48 Å². The van der Waals surface area contributed by atoms with Gasteiger partial charge in [0.1, 0.15) is 12.3 Å². The number of amides is 1. The number of aromatic nitrogens is 3. The summed E-state index contributed by atoms with van der Waals surface area (Å²) in [6.45, 7) is 1.69. The molecule has 26 heavy (non-hydrogen) atoms. The van der Waals surface area contributed by atoms with Crippen LogP contribution >= 0.6 is 0 Å². The SMILES string of the molecule is COc1ccc(-c2cnn(CC(=O)Nc3ccccc3C)c(=O)n2)cc1. The maximum Gasteiger partial charge on any atom is 0.365 e. The first-order valence-electron chi connectivity index (χ1n) is 8.01. The Morgan fingerprint density at radius 1 is 1.15 bits per heavy atom. The van der Waals surface area contributed by atoms with Gasteiger partial charge in [-0.1, -0.05) is 18.2 Å². The summed E-state index contributed by atoms with van der Waals surface area (Å²) in [4.78, 5) is 28.3. The molecule has 0 atom stereocenters. The van der Waals surface area contributed by atoms with E-state index in [4.69, 9.17) is 4.74 Å². The summed E-state index contributed by atoms with van der Waals surface area (Å²) >= 11 is 0. The van der Waals surface area contributed by atoms with Gasteiger partial charge in [-0.2, -0.15) is 10.1 Å². The molecule has 0 spiro atoms. The highest BCUT2D eigenvalue weighted by molar-refractivity contribution is 5.91. The molecule has 2 aromatic carbocycles. The molecule has 7 heteroatoms. The highest BCUT2D eigenvalue weighted by Gasteiger charge is 2.10. The van der Waals surface area contributed by atoms with Gasteiger partial charge in [-0.15, -0.1) is 0 Å².